The van der Waals surface area contributed by atoms with E-state index >= 15 is 0 Å². The number of nitrogens with one attached hydrogen (secondary N) is 1. The summed E-state index contributed by atoms with van der Waals surface area (Å²) < 4.78 is 16.1. The molecule has 0 amide bonds. The second-order valence-electron chi connectivity index (χ2n) is 4.52. The minimum atomic E-state index is -0.161. The Morgan fingerprint density at radius 3 is 2.84 bits per heavy atom. The molecule has 1 unspecified atom stereocenters. The maximum absolute atomic E-state index is 6.06. The Balaban J connectivity index is 1.92. The molecule has 2 heterocycles. The molecule has 0 radical (unpaired) electrons. The van der Waals surface area contributed by atoms with Gasteiger partial charge in [0.1, 0.15) is 19.0 Å². The van der Waals surface area contributed by atoms with Gasteiger partial charge < -0.3 is 24.9 Å². The van der Waals surface area contributed by atoms with Gasteiger partial charge in [0.25, 0.3) is 0 Å². The molecule has 2 aromatic rings. The Morgan fingerprint density at radius 1 is 1.37 bits per heavy atom. The fourth-order valence-corrected chi connectivity index (χ4v) is 2.12. The summed E-state index contributed by atoms with van der Waals surface area (Å²) in [5, 5.41) is 0. The molecular formula is C13H17N3O3. The van der Waals surface area contributed by atoms with E-state index in [0.717, 1.165) is 34.8 Å². The molecule has 1 aliphatic rings. The van der Waals surface area contributed by atoms with Crippen LogP contribution in [-0.4, -0.2) is 36.9 Å². The number of hydrogen-bond donors (Lipinski definition) is 2. The summed E-state index contributed by atoms with van der Waals surface area (Å²) in [6.45, 7) is 1.76. The molecular weight excluding hydrogens is 246 g/mol. The molecule has 0 fully saturated rings. The van der Waals surface area contributed by atoms with Gasteiger partial charge in [-0.05, 0) is 6.42 Å². The predicted octanol–water partition coefficient (Wildman–Crippen LogP) is 1.37. The van der Waals surface area contributed by atoms with Crippen LogP contribution in [0, 0.1) is 0 Å². The van der Waals surface area contributed by atoms with Crippen molar-refractivity contribution >= 4 is 11.0 Å². The molecule has 0 bridgehead atoms. The highest BCUT2D eigenvalue weighted by Gasteiger charge is 2.16. The number of aromatic nitrogens is 2. The van der Waals surface area contributed by atoms with E-state index in [1.165, 1.54) is 0 Å². The molecule has 6 heteroatoms. The first-order chi connectivity index (χ1) is 9.28. The minimum Gasteiger partial charge on any atom is -0.486 e. The first-order valence-corrected chi connectivity index (χ1v) is 6.31. The molecule has 1 aromatic heterocycles. The van der Waals surface area contributed by atoms with Crippen molar-refractivity contribution in [2.24, 2.45) is 5.73 Å². The quantitative estimate of drug-likeness (QED) is 0.870. The molecule has 19 heavy (non-hydrogen) atoms. The summed E-state index contributed by atoms with van der Waals surface area (Å²) in [4.78, 5) is 7.73. The van der Waals surface area contributed by atoms with E-state index in [9.17, 15) is 0 Å². The van der Waals surface area contributed by atoms with Crippen molar-refractivity contribution in [1.82, 2.24) is 9.97 Å². The SMILES string of the molecule is COCCC(N)c1nc2cc3c(cc2[nH]1)OCCO3. The number of aromatic amines is 1. The van der Waals surface area contributed by atoms with Crippen LogP contribution in [-0.2, 0) is 4.74 Å². The number of fused-ring (bicyclic) bond motifs is 2. The molecule has 3 rings (SSSR count). The van der Waals surface area contributed by atoms with E-state index in [0.29, 0.717) is 19.8 Å². The summed E-state index contributed by atoms with van der Waals surface area (Å²) in [6.07, 6.45) is 0.725. The molecule has 6 nitrogen and oxygen atoms in total. The van der Waals surface area contributed by atoms with Crippen LogP contribution < -0.4 is 15.2 Å². The zero-order chi connectivity index (χ0) is 13.2. The van der Waals surface area contributed by atoms with Crippen molar-refractivity contribution in [3.05, 3.63) is 18.0 Å². The van der Waals surface area contributed by atoms with Crippen molar-refractivity contribution in [1.29, 1.82) is 0 Å². The maximum atomic E-state index is 6.06. The zero-order valence-corrected chi connectivity index (χ0v) is 10.8. The van der Waals surface area contributed by atoms with Crippen molar-refractivity contribution in [2.45, 2.75) is 12.5 Å². The molecule has 0 saturated carbocycles. The number of nitrogens with zero attached hydrogens (tertiary/aromatic N) is 1. The van der Waals surface area contributed by atoms with Crippen LogP contribution in [0.25, 0.3) is 11.0 Å². The third kappa shape index (κ3) is 2.36. The number of hydrogen-bond acceptors (Lipinski definition) is 5. The smallest absolute Gasteiger partial charge is 0.163 e. The van der Waals surface area contributed by atoms with E-state index in [-0.39, 0.29) is 6.04 Å². The van der Waals surface area contributed by atoms with E-state index in [1.807, 2.05) is 12.1 Å². The van der Waals surface area contributed by atoms with Gasteiger partial charge in [0.15, 0.2) is 11.5 Å². The van der Waals surface area contributed by atoms with Gasteiger partial charge in [0, 0.05) is 25.8 Å². The van der Waals surface area contributed by atoms with Crippen LogP contribution in [0.5, 0.6) is 11.5 Å². The van der Waals surface area contributed by atoms with Gasteiger partial charge in [-0.25, -0.2) is 4.98 Å². The van der Waals surface area contributed by atoms with E-state index in [2.05, 4.69) is 9.97 Å². The largest absolute Gasteiger partial charge is 0.486 e. The molecule has 1 aromatic carbocycles. The fourth-order valence-electron chi connectivity index (χ4n) is 2.12. The normalized spacial score (nSPS) is 15.7. The molecule has 0 aliphatic carbocycles. The minimum absolute atomic E-state index is 0.161. The highest BCUT2D eigenvalue weighted by Crippen LogP contribution is 2.34. The van der Waals surface area contributed by atoms with Crippen LogP contribution >= 0.6 is 0 Å². The van der Waals surface area contributed by atoms with Crippen molar-refractivity contribution in [3.63, 3.8) is 0 Å². The van der Waals surface area contributed by atoms with Gasteiger partial charge in [0.05, 0.1) is 17.1 Å². The molecule has 3 N–H and O–H groups in total. The first kappa shape index (κ1) is 12.3. The average molecular weight is 263 g/mol. The number of benzene rings is 1. The summed E-state index contributed by atoms with van der Waals surface area (Å²) >= 11 is 0. The first-order valence-electron chi connectivity index (χ1n) is 6.31. The number of rotatable bonds is 4. The number of nitrogens with two attached hydrogens (primary N) is 1. The number of methoxy groups -OCH3 is 1. The lowest BCUT2D eigenvalue weighted by Gasteiger charge is -2.17. The van der Waals surface area contributed by atoms with Crippen LogP contribution in [0.15, 0.2) is 12.1 Å². The van der Waals surface area contributed by atoms with Crippen LogP contribution in [0.1, 0.15) is 18.3 Å². The zero-order valence-electron chi connectivity index (χ0n) is 10.8. The topological polar surface area (TPSA) is 82.4 Å². The Labute approximate surface area is 110 Å². The second kappa shape index (κ2) is 5.07. The standard InChI is InChI=1S/C13H17N3O3/c1-17-3-2-8(14)13-15-9-6-11-12(7-10(9)16-13)19-5-4-18-11/h6-8H,2-5,14H2,1H3,(H,15,16). The Bertz CT molecular complexity index is 539. The Morgan fingerprint density at radius 2 is 2.11 bits per heavy atom. The molecule has 1 aliphatic heterocycles. The average Bonchev–Trinajstić information content (AvgIpc) is 2.85. The van der Waals surface area contributed by atoms with Gasteiger partial charge in [0.2, 0.25) is 0 Å². The van der Waals surface area contributed by atoms with Gasteiger partial charge in [-0.15, -0.1) is 0 Å². The lowest BCUT2D eigenvalue weighted by molar-refractivity contribution is 0.172. The number of imidazole rings is 1. The predicted molar refractivity (Wildman–Crippen MR) is 70.5 cm³/mol. The highest BCUT2D eigenvalue weighted by atomic mass is 16.6. The third-order valence-corrected chi connectivity index (χ3v) is 3.15. The summed E-state index contributed by atoms with van der Waals surface area (Å²) in [7, 11) is 1.66. The van der Waals surface area contributed by atoms with Crippen molar-refractivity contribution in [2.75, 3.05) is 26.9 Å². The van der Waals surface area contributed by atoms with Gasteiger partial charge in [-0.3, -0.25) is 0 Å². The third-order valence-electron chi connectivity index (χ3n) is 3.15. The summed E-state index contributed by atoms with van der Waals surface area (Å²) in [6, 6.07) is 3.63. The van der Waals surface area contributed by atoms with Crippen molar-refractivity contribution < 1.29 is 14.2 Å². The van der Waals surface area contributed by atoms with Crippen LogP contribution in [0.3, 0.4) is 0 Å². The molecule has 0 spiro atoms. The monoisotopic (exact) mass is 263 g/mol. The van der Waals surface area contributed by atoms with Crippen LogP contribution in [0.2, 0.25) is 0 Å². The van der Waals surface area contributed by atoms with E-state index in [4.69, 9.17) is 19.9 Å². The van der Waals surface area contributed by atoms with Crippen LogP contribution in [0.4, 0.5) is 0 Å². The van der Waals surface area contributed by atoms with Gasteiger partial charge in [-0.1, -0.05) is 0 Å². The van der Waals surface area contributed by atoms with Gasteiger partial charge in [-0.2, -0.15) is 0 Å². The van der Waals surface area contributed by atoms with Crippen molar-refractivity contribution in [3.8, 4) is 11.5 Å². The summed E-state index contributed by atoms with van der Waals surface area (Å²) in [5.41, 5.74) is 7.81. The highest BCUT2D eigenvalue weighted by molar-refractivity contribution is 5.80. The van der Waals surface area contributed by atoms with E-state index < -0.39 is 0 Å². The number of H-pyrrole nitrogens is 1. The molecule has 1 atom stereocenters. The summed E-state index contributed by atoms with van der Waals surface area (Å²) in [5.74, 6) is 2.25. The molecule has 0 saturated heterocycles. The maximum Gasteiger partial charge on any atom is 0.163 e. The second-order valence-corrected chi connectivity index (χ2v) is 4.52. The Hall–Kier alpha value is -1.79. The molecule has 102 valence electrons. The number of ether oxygens (including phenoxy) is 3. The lowest BCUT2D eigenvalue weighted by Crippen LogP contribution is -2.15. The van der Waals surface area contributed by atoms with E-state index in [1.54, 1.807) is 7.11 Å². The lowest BCUT2D eigenvalue weighted by atomic mass is 10.2. The Kier molecular flexibility index (Phi) is 3.27. The fraction of sp³-hybridized carbons (Fsp3) is 0.462. The van der Waals surface area contributed by atoms with Gasteiger partial charge >= 0.3 is 0 Å².